The summed E-state index contributed by atoms with van der Waals surface area (Å²) < 4.78 is 0. The van der Waals surface area contributed by atoms with Crippen LogP contribution >= 0.6 is 0 Å². The van der Waals surface area contributed by atoms with Gasteiger partial charge >= 0.3 is 0 Å². The topological polar surface area (TPSA) is 92.1 Å². The van der Waals surface area contributed by atoms with E-state index in [-0.39, 0.29) is 23.4 Å². The lowest BCUT2D eigenvalue weighted by Gasteiger charge is -2.39. The largest absolute Gasteiger partial charge is 0.369 e. The molecule has 0 bridgehead atoms. The normalized spacial score (nSPS) is 19.3. The van der Waals surface area contributed by atoms with E-state index in [0.29, 0.717) is 29.7 Å². The van der Waals surface area contributed by atoms with Crippen molar-refractivity contribution >= 4 is 22.5 Å². The number of nitrogens with one attached hydrogen (secondary N) is 1. The molecule has 1 aliphatic rings. The Kier molecular flexibility index (Phi) is 3.95. The van der Waals surface area contributed by atoms with Crippen molar-refractivity contribution in [1.82, 2.24) is 9.97 Å². The number of carbonyl (C=O) groups excluding carboxylic acids is 1. The van der Waals surface area contributed by atoms with Crippen LogP contribution in [-0.4, -0.2) is 21.9 Å². The molecular weight excluding hydrogens is 328 g/mol. The van der Waals surface area contributed by atoms with Crippen molar-refractivity contribution < 1.29 is 4.79 Å². The SMILES string of the molecule is C[C@H]1C[C@@H](C(N)=O)c2ccccc2N1Cc1nc2ccccc2c(=O)[nH]1. The van der Waals surface area contributed by atoms with Crippen LogP contribution in [0, 0.1) is 0 Å². The Morgan fingerprint density at radius 3 is 2.77 bits per heavy atom. The van der Waals surface area contributed by atoms with E-state index < -0.39 is 0 Å². The molecule has 26 heavy (non-hydrogen) atoms. The number of H-pyrrole nitrogens is 1. The van der Waals surface area contributed by atoms with Crippen molar-refractivity contribution in [3.8, 4) is 0 Å². The lowest BCUT2D eigenvalue weighted by Crippen LogP contribution is -2.41. The Morgan fingerprint density at radius 1 is 1.23 bits per heavy atom. The molecule has 4 rings (SSSR count). The molecule has 2 heterocycles. The van der Waals surface area contributed by atoms with Gasteiger partial charge in [-0.05, 0) is 37.1 Å². The van der Waals surface area contributed by atoms with Gasteiger partial charge in [0.25, 0.3) is 5.56 Å². The fraction of sp³-hybridized carbons (Fsp3) is 0.250. The van der Waals surface area contributed by atoms with Crippen LogP contribution in [0.15, 0.2) is 53.3 Å². The summed E-state index contributed by atoms with van der Waals surface area (Å²) in [6.45, 7) is 2.52. The number of hydrogen-bond acceptors (Lipinski definition) is 4. The van der Waals surface area contributed by atoms with Crippen LogP contribution < -0.4 is 16.2 Å². The second kappa shape index (κ2) is 6.29. The molecule has 0 saturated carbocycles. The molecule has 6 nitrogen and oxygen atoms in total. The van der Waals surface area contributed by atoms with Crippen molar-refractivity contribution in [1.29, 1.82) is 0 Å². The summed E-state index contributed by atoms with van der Waals surface area (Å²) in [7, 11) is 0. The van der Waals surface area contributed by atoms with E-state index in [9.17, 15) is 9.59 Å². The molecule has 3 aromatic rings. The fourth-order valence-electron chi connectivity index (χ4n) is 3.76. The number of carbonyl (C=O) groups is 1. The number of fused-ring (bicyclic) bond motifs is 2. The van der Waals surface area contributed by atoms with Gasteiger partial charge in [0.05, 0.1) is 23.4 Å². The first-order valence-electron chi connectivity index (χ1n) is 8.67. The number of rotatable bonds is 3. The summed E-state index contributed by atoms with van der Waals surface area (Å²) in [6, 6.07) is 15.2. The van der Waals surface area contributed by atoms with Crippen molar-refractivity contribution in [3.63, 3.8) is 0 Å². The highest BCUT2D eigenvalue weighted by Crippen LogP contribution is 2.38. The Hall–Kier alpha value is -3.15. The standard InChI is InChI=1S/C20H20N4O2/c1-12-10-15(19(21)25)13-6-3-5-9-17(13)24(12)11-18-22-16-8-4-2-7-14(16)20(26)23-18/h2-9,12,15H,10-11H2,1H3,(H2,21,25)(H,22,23,26)/t12-,15+/m0/s1. The maximum Gasteiger partial charge on any atom is 0.258 e. The molecule has 1 amide bonds. The zero-order valence-electron chi connectivity index (χ0n) is 14.5. The minimum absolute atomic E-state index is 0.0965. The van der Waals surface area contributed by atoms with Gasteiger partial charge in [-0.1, -0.05) is 30.3 Å². The maximum atomic E-state index is 12.3. The molecule has 132 valence electrons. The monoisotopic (exact) mass is 348 g/mol. The van der Waals surface area contributed by atoms with Gasteiger partial charge in [0.2, 0.25) is 5.91 Å². The second-order valence-electron chi connectivity index (χ2n) is 6.76. The Bertz CT molecular complexity index is 1040. The predicted octanol–water partition coefficient (Wildman–Crippen LogP) is 2.29. The molecule has 1 aliphatic heterocycles. The lowest BCUT2D eigenvalue weighted by atomic mass is 9.85. The van der Waals surface area contributed by atoms with Gasteiger partial charge in [0, 0.05) is 11.7 Å². The number of amides is 1. The van der Waals surface area contributed by atoms with E-state index >= 15 is 0 Å². The van der Waals surface area contributed by atoms with Gasteiger partial charge in [-0.25, -0.2) is 4.98 Å². The number of nitrogens with zero attached hydrogens (tertiary/aromatic N) is 2. The minimum atomic E-state index is -0.304. The first-order chi connectivity index (χ1) is 12.5. The van der Waals surface area contributed by atoms with Gasteiger partial charge in [-0.15, -0.1) is 0 Å². The van der Waals surface area contributed by atoms with Crippen LogP contribution in [0.4, 0.5) is 5.69 Å². The summed E-state index contributed by atoms with van der Waals surface area (Å²) in [5, 5.41) is 0.581. The van der Waals surface area contributed by atoms with Gasteiger partial charge in [0.1, 0.15) is 5.82 Å². The third-order valence-electron chi connectivity index (χ3n) is 5.06. The number of para-hydroxylation sites is 2. The highest BCUT2D eigenvalue weighted by molar-refractivity contribution is 5.85. The van der Waals surface area contributed by atoms with Gasteiger partial charge in [-0.2, -0.15) is 0 Å². The van der Waals surface area contributed by atoms with Crippen molar-refractivity contribution in [2.45, 2.75) is 31.8 Å². The van der Waals surface area contributed by atoms with E-state index in [2.05, 4.69) is 21.8 Å². The summed E-state index contributed by atoms with van der Waals surface area (Å²) >= 11 is 0. The van der Waals surface area contributed by atoms with Gasteiger partial charge in [-0.3, -0.25) is 9.59 Å². The quantitative estimate of drug-likeness (QED) is 0.759. The molecule has 0 saturated heterocycles. The highest BCUT2D eigenvalue weighted by atomic mass is 16.1. The lowest BCUT2D eigenvalue weighted by molar-refractivity contribution is -0.119. The van der Waals surface area contributed by atoms with Gasteiger partial charge < -0.3 is 15.6 Å². The Balaban J connectivity index is 1.75. The molecule has 1 aromatic heterocycles. The summed E-state index contributed by atoms with van der Waals surface area (Å²) in [5.74, 6) is 0.00938. The predicted molar refractivity (Wildman–Crippen MR) is 101 cm³/mol. The molecule has 6 heteroatoms. The third-order valence-corrected chi connectivity index (χ3v) is 5.06. The van der Waals surface area contributed by atoms with Crippen molar-refractivity contribution in [2.75, 3.05) is 4.90 Å². The van der Waals surface area contributed by atoms with Crippen LogP contribution in [0.25, 0.3) is 10.9 Å². The van der Waals surface area contributed by atoms with Crippen LogP contribution in [0.2, 0.25) is 0 Å². The Morgan fingerprint density at radius 2 is 1.96 bits per heavy atom. The van der Waals surface area contributed by atoms with E-state index in [1.807, 2.05) is 42.5 Å². The number of nitrogens with two attached hydrogens (primary N) is 1. The van der Waals surface area contributed by atoms with E-state index in [4.69, 9.17) is 5.73 Å². The number of primary amides is 1. The zero-order valence-corrected chi connectivity index (χ0v) is 14.5. The van der Waals surface area contributed by atoms with E-state index in [0.717, 1.165) is 11.3 Å². The number of benzene rings is 2. The molecule has 0 radical (unpaired) electrons. The first-order valence-corrected chi connectivity index (χ1v) is 8.67. The molecule has 0 fully saturated rings. The molecule has 3 N–H and O–H groups in total. The fourth-order valence-corrected chi connectivity index (χ4v) is 3.76. The molecule has 0 unspecified atom stereocenters. The van der Waals surface area contributed by atoms with Crippen LogP contribution in [0.5, 0.6) is 0 Å². The first kappa shape index (κ1) is 16.3. The number of hydrogen-bond donors (Lipinski definition) is 2. The molecule has 2 aromatic carbocycles. The van der Waals surface area contributed by atoms with Crippen molar-refractivity contribution in [2.24, 2.45) is 5.73 Å². The molecular formula is C20H20N4O2. The molecule has 0 spiro atoms. The third kappa shape index (κ3) is 2.73. The smallest absolute Gasteiger partial charge is 0.258 e. The average molecular weight is 348 g/mol. The molecule has 2 atom stereocenters. The maximum absolute atomic E-state index is 12.3. The Labute approximate surface area is 150 Å². The number of aromatic amines is 1. The summed E-state index contributed by atoms with van der Waals surface area (Å²) in [6.07, 6.45) is 0.643. The summed E-state index contributed by atoms with van der Waals surface area (Å²) in [4.78, 5) is 33.9. The van der Waals surface area contributed by atoms with Crippen LogP contribution in [0.1, 0.15) is 30.7 Å². The number of anilines is 1. The summed E-state index contributed by atoms with van der Waals surface area (Å²) in [5.41, 5.74) is 8.04. The van der Waals surface area contributed by atoms with Crippen LogP contribution in [-0.2, 0) is 11.3 Å². The van der Waals surface area contributed by atoms with E-state index in [1.54, 1.807) is 6.07 Å². The zero-order chi connectivity index (χ0) is 18.3. The van der Waals surface area contributed by atoms with Crippen molar-refractivity contribution in [3.05, 3.63) is 70.3 Å². The molecule has 0 aliphatic carbocycles. The minimum Gasteiger partial charge on any atom is -0.369 e. The van der Waals surface area contributed by atoms with Gasteiger partial charge in [0.15, 0.2) is 0 Å². The average Bonchev–Trinajstić information content (AvgIpc) is 2.63. The second-order valence-corrected chi connectivity index (χ2v) is 6.76. The number of aromatic nitrogens is 2. The highest BCUT2D eigenvalue weighted by Gasteiger charge is 2.33. The van der Waals surface area contributed by atoms with Crippen LogP contribution in [0.3, 0.4) is 0 Å². The van der Waals surface area contributed by atoms with E-state index in [1.165, 1.54) is 0 Å².